The van der Waals surface area contributed by atoms with E-state index in [2.05, 4.69) is 29.0 Å². The highest BCUT2D eigenvalue weighted by molar-refractivity contribution is 5.90. The van der Waals surface area contributed by atoms with Crippen LogP contribution in [0.2, 0.25) is 0 Å². The van der Waals surface area contributed by atoms with Gasteiger partial charge in [-0.05, 0) is 24.7 Å². The Hall–Kier alpha value is -2.61. The smallest absolute Gasteiger partial charge is 0.262 e. The molecule has 0 spiro atoms. The van der Waals surface area contributed by atoms with Crippen LogP contribution in [0.1, 0.15) is 18.1 Å². The second-order valence-corrected chi connectivity index (χ2v) is 5.81. The maximum atomic E-state index is 12.8. The summed E-state index contributed by atoms with van der Waals surface area (Å²) in [7, 11) is 1.98. The number of hydrogen-bond acceptors (Lipinski definition) is 3. The van der Waals surface area contributed by atoms with Gasteiger partial charge in [0.1, 0.15) is 0 Å². The average molecular weight is 336 g/mol. The van der Waals surface area contributed by atoms with Crippen LogP contribution in [0.3, 0.4) is 0 Å². The molecule has 0 bridgehead atoms. The molecule has 2 aromatic carbocycles. The molecule has 0 aliphatic rings. The fraction of sp³-hybridized carbons (Fsp3) is 0.286. The van der Waals surface area contributed by atoms with E-state index in [0.717, 1.165) is 6.54 Å². The van der Waals surface area contributed by atoms with Crippen molar-refractivity contribution in [2.24, 2.45) is 0 Å². The molecule has 2 N–H and O–H groups in total. The van der Waals surface area contributed by atoms with Gasteiger partial charge >= 0.3 is 0 Å². The van der Waals surface area contributed by atoms with Gasteiger partial charge in [0.2, 0.25) is 0 Å². The van der Waals surface area contributed by atoms with Crippen molar-refractivity contribution in [3.05, 3.63) is 71.8 Å². The predicted octanol–water partition coefficient (Wildman–Crippen LogP) is 1.99. The zero-order valence-electron chi connectivity index (χ0n) is 14.7. The van der Waals surface area contributed by atoms with Crippen molar-refractivity contribution in [2.45, 2.75) is 12.5 Å². The lowest BCUT2D eigenvalue weighted by molar-refractivity contribution is -0.136. The Morgan fingerprint density at radius 3 is 2.04 bits per heavy atom. The Balaban J connectivity index is 2.18. The van der Waals surface area contributed by atoms with Crippen molar-refractivity contribution < 1.29 is 9.90 Å². The fourth-order valence-corrected chi connectivity index (χ4v) is 2.41. The number of aliphatic hydroxyl groups is 1. The van der Waals surface area contributed by atoms with Gasteiger partial charge < -0.3 is 10.4 Å². The molecule has 0 fully saturated rings. The Morgan fingerprint density at radius 2 is 1.56 bits per heavy atom. The number of amides is 1. The highest BCUT2D eigenvalue weighted by Crippen LogP contribution is 2.29. The minimum absolute atomic E-state index is 0.193. The van der Waals surface area contributed by atoms with Crippen molar-refractivity contribution in [1.82, 2.24) is 10.2 Å². The van der Waals surface area contributed by atoms with Crippen LogP contribution in [0.5, 0.6) is 0 Å². The molecule has 0 atom stereocenters. The van der Waals surface area contributed by atoms with Crippen LogP contribution in [0.4, 0.5) is 0 Å². The summed E-state index contributed by atoms with van der Waals surface area (Å²) in [5, 5.41) is 14.0. The van der Waals surface area contributed by atoms with E-state index >= 15 is 0 Å². The molecule has 25 heavy (non-hydrogen) atoms. The largest absolute Gasteiger partial charge is 0.372 e. The van der Waals surface area contributed by atoms with Gasteiger partial charge in [-0.15, -0.1) is 0 Å². The third-order valence-corrected chi connectivity index (χ3v) is 4.06. The Kier molecular flexibility index (Phi) is 6.76. The van der Waals surface area contributed by atoms with Gasteiger partial charge in [0, 0.05) is 0 Å². The Labute approximate surface area is 149 Å². The molecule has 0 saturated heterocycles. The summed E-state index contributed by atoms with van der Waals surface area (Å²) in [5.74, 6) is 5.44. The lowest BCUT2D eigenvalue weighted by Crippen LogP contribution is -2.45. The summed E-state index contributed by atoms with van der Waals surface area (Å²) in [5.41, 5.74) is -0.695. The standard InChI is InChI=1S/C21H24N2O2/c1-3-23(2)17-11-10-16-22-20(24)21(25,18-12-6-4-7-13-18)19-14-8-5-9-15-19/h4-9,12-15,25H,3,16-17H2,1-2H3,(H,22,24). The topological polar surface area (TPSA) is 52.6 Å². The van der Waals surface area contributed by atoms with E-state index in [-0.39, 0.29) is 6.54 Å². The molecular weight excluding hydrogens is 312 g/mol. The van der Waals surface area contributed by atoms with E-state index in [4.69, 9.17) is 0 Å². The molecule has 0 aliphatic heterocycles. The second kappa shape index (κ2) is 9.03. The van der Waals surface area contributed by atoms with Crippen LogP contribution in [-0.2, 0) is 10.4 Å². The second-order valence-electron chi connectivity index (χ2n) is 5.81. The first kappa shape index (κ1) is 18.7. The normalized spacial score (nSPS) is 10.9. The van der Waals surface area contributed by atoms with Gasteiger partial charge in [-0.1, -0.05) is 79.4 Å². The first-order valence-electron chi connectivity index (χ1n) is 8.35. The van der Waals surface area contributed by atoms with Gasteiger partial charge in [-0.2, -0.15) is 0 Å². The van der Waals surface area contributed by atoms with Gasteiger partial charge in [-0.3, -0.25) is 9.69 Å². The number of nitrogens with zero attached hydrogens (tertiary/aromatic N) is 1. The number of hydrogen-bond donors (Lipinski definition) is 2. The molecule has 0 unspecified atom stereocenters. The minimum atomic E-state index is -1.75. The molecule has 0 aromatic heterocycles. The summed E-state index contributed by atoms with van der Waals surface area (Å²) < 4.78 is 0. The van der Waals surface area contributed by atoms with E-state index in [9.17, 15) is 9.90 Å². The molecule has 4 heteroatoms. The maximum Gasteiger partial charge on any atom is 0.262 e. The van der Waals surface area contributed by atoms with Gasteiger partial charge in [0.25, 0.3) is 5.91 Å². The molecule has 4 nitrogen and oxygen atoms in total. The van der Waals surface area contributed by atoms with Crippen LogP contribution in [-0.4, -0.2) is 42.6 Å². The summed E-state index contributed by atoms with van der Waals surface area (Å²) in [6.07, 6.45) is 0. The third-order valence-electron chi connectivity index (χ3n) is 4.06. The van der Waals surface area contributed by atoms with E-state index in [1.165, 1.54) is 0 Å². The van der Waals surface area contributed by atoms with E-state index < -0.39 is 11.5 Å². The van der Waals surface area contributed by atoms with Gasteiger partial charge in [0.15, 0.2) is 5.60 Å². The Bertz CT molecular complexity index is 693. The molecule has 2 rings (SSSR count). The summed E-state index contributed by atoms with van der Waals surface area (Å²) in [6.45, 7) is 3.82. The zero-order valence-corrected chi connectivity index (χ0v) is 14.7. The maximum absolute atomic E-state index is 12.8. The number of carbonyl (C=O) groups is 1. The van der Waals surface area contributed by atoms with Crippen LogP contribution >= 0.6 is 0 Å². The minimum Gasteiger partial charge on any atom is -0.372 e. The summed E-state index contributed by atoms with van der Waals surface area (Å²) >= 11 is 0. The van der Waals surface area contributed by atoms with Crippen molar-refractivity contribution in [2.75, 3.05) is 26.7 Å². The highest BCUT2D eigenvalue weighted by Gasteiger charge is 2.39. The van der Waals surface area contributed by atoms with Crippen LogP contribution in [0.25, 0.3) is 0 Å². The average Bonchev–Trinajstić information content (AvgIpc) is 2.68. The third kappa shape index (κ3) is 4.69. The van der Waals surface area contributed by atoms with E-state index in [1.807, 2.05) is 19.2 Å². The monoisotopic (exact) mass is 336 g/mol. The molecule has 2 aromatic rings. The fourth-order valence-electron chi connectivity index (χ4n) is 2.41. The van der Waals surface area contributed by atoms with Crippen LogP contribution < -0.4 is 5.32 Å². The molecular formula is C21H24N2O2. The molecule has 0 radical (unpaired) electrons. The highest BCUT2D eigenvalue weighted by atomic mass is 16.3. The molecule has 0 aliphatic carbocycles. The summed E-state index contributed by atoms with van der Waals surface area (Å²) in [6, 6.07) is 17.9. The first-order valence-corrected chi connectivity index (χ1v) is 8.35. The number of carbonyl (C=O) groups excluding carboxylic acids is 1. The quantitative estimate of drug-likeness (QED) is 0.793. The summed E-state index contributed by atoms with van der Waals surface area (Å²) in [4.78, 5) is 14.8. The van der Waals surface area contributed by atoms with Crippen molar-refractivity contribution >= 4 is 5.91 Å². The van der Waals surface area contributed by atoms with Crippen LogP contribution in [0.15, 0.2) is 60.7 Å². The molecule has 130 valence electrons. The Morgan fingerprint density at radius 1 is 1.04 bits per heavy atom. The van der Waals surface area contributed by atoms with E-state index in [0.29, 0.717) is 17.7 Å². The predicted molar refractivity (Wildman–Crippen MR) is 99.8 cm³/mol. The lowest BCUT2D eigenvalue weighted by Gasteiger charge is -2.27. The zero-order chi connectivity index (χ0) is 18.1. The molecule has 0 heterocycles. The number of benzene rings is 2. The molecule has 1 amide bonds. The number of rotatable bonds is 6. The van der Waals surface area contributed by atoms with Gasteiger partial charge in [-0.25, -0.2) is 0 Å². The van der Waals surface area contributed by atoms with Crippen molar-refractivity contribution in [3.8, 4) is 11.8 Å². The van der Waals surface area contributed by atoms with E-state index in [1.54, 1.807) is 48.5 Å². The molecule has 0 saturated carbocycles. The van der Waals surface area contributed by atoms with Crippen molar-refractivity contribution in [1.29, 1.82) is 0 Å². The van der Waals surface area contributed by atoms with Crippen molar-refractivity contribution in [3.63, 3.8) is 0 Å². The lowest BCUT2D eigenvalue weighted by atomic mass is 9.85. The van der Waals surface area contributed by atoms with Crippen LogP contribution in [0, 0.1) is 11.8 Å². The SMILES string of the molecule is CCN(C)CC#CCNC(=O)C(O)(c1ccccc1)c1ccccc1. The number of nitrogens with one attached hydrogen (secondary N) is 1. The van der Waals surface area contributed by atoms with Gasteiger partial charge in [0.05, 0.1) is 13.1 Å². The first-order chi connectivity index (χ1) is 12.1.